The zero-order valence-corrected chi connectivity index (χ0v) is 18.7. The molecule has 0 fully saturated rings. The minimum absolute atomic E-state index is 0.0175. The van der Waals surface area contributed by atoms with Gasteiger partial charge in [-0.2, -0.15) is 0 Å². The molecular formula is C24H25N3O4S. The number of hydrogen-bond acceptors (Lipinski definition) is 5. The number of fused-ring (bicyclic) bond motifs is 1. The Balaban J connectivity index is 1.30. The Kier molecular flexibility index (Phi) is 6.70. The molecule has 32 heavy (non-hydrogen) atoms. The highest BCUT2D eigenvalue weighted by molar-refractivity contribution is 7.10. The summed E-state index contributed by atoms with van der Waals surface area (Å²) in [6.07, 6.45) is 3.06. The molecule has 3 heterocycles. The van der Waals surface area contributed by atoms with Gasteiger partial charge in [-0.1, -0.05) is 6.07 Å². The van der Waals surface area contributed by atoms with E-state index in [1.807, 2.05) is 11.8 Å². The fourth-order valence-corrected chi connectivity index (χ4v) is 4.64. The minimum Gasteiger partial charge on any atom is -0.459 e. The predicted molar refractivity (Wildman–Crippen MR) is 123 cm³/mol. The van der Waals surface area contributed by atoms with Gasteiger partial charge in [-0.25, -0.2) is 0 Å². The van der Waals surface area contributed by atoms with Gasteiger partial charge in [0.2, 0.25) is 5.91 Å². The Labute approximate surface area is 190 Å². The zero-order chi connectivity index (χ0) is 22.5. The molecule has 0 saturated heterocycles. The number of nitrogens with one attached hydrogen (secondary N) is 2. The summed E-state index contributed by atoms with van der Waals surface area (Å²) in [5, 5.41) is 7.69. The van der Waals surface area contributed by atoms with Gasteiger partial charge >= 0.3 is 0 Å². The van der Waals surface area contributed by atoms with Crippen LogP contribution in [0, 0.1) is 6.92 Å². The summed E-state index contributed by atoms with van der Waals surface area (Å²) in [5.74, 6) is -0.234. The molecule has 1 aliphatic rings. The van der Waals surface area contributed by atoms with Gasteiger partial charge in [0.25, 0.3) is 11.8 Å². The normalized spacial score (nSPS) is 12.8. The molecule has 0 atom stereocenters. The van der Waals surface area contributed by atoms with Crippen LogP contribution in [0.25, 0.3) is 0 Å². The van der Waals surface area contributed by atoms with Crippen LogP contribution in [0.15, 0.2) is 52.5 Å². The van der Waals surface area contributed by atoms with Crippen molar-refractivity contribution in [2.45, 2.75) is 32.7 Å². The number of benzene rings is 1. The van der Waals surface area contributed by atoms with Crippen molar-refractivity contribution in [2.75, 3.05) is 18.4 Å². The van der Waals surface area contributed by atoms with Gasteiger partial charge in [0.15, 0.2) is 5.76 Å². The summed E-state index contributed by atoms with van der Waals surface area (Å²) in [6.45, 7) is 3.54. The molecule has 0 bridgehead atoms. The number of anilines is 1. The topological polar surface area (TPSA) is 91.6 Å². The molecule has 3 amide bonds. The Morgan fingerprint density at radius 2 is 2.03 bits per heavy atom. The molecule has 2 N–H and O–H groups in total. The first kappa shape index (κ1) is 21.8. The molecule has 0 unspecified atom stereocenters. The monoisotopic (exact) mass is 451 g/mol. The Hall–Kier alpha value is -3.39. The second-order valence-electron chi connectivity index (χ2n) is 7.71. The SMILES string of the molecule is Cc1c(NC(=O)CCCNC(=O)c2ccco2)cccc1C(=O)N1CCc2sccc2C1. The maximum Gasteiger partial charge on any atom is 0.286 e. The molecule has 0 radical (unpaired) electrons. The van der Waals surface area contributed by atoms with Crippen molar-refractivity contribution in [1.82, 2.24) is 10.2 Å². The largest absolute Gasteiger partial charge is 0.459 e. The van der Waals surface area contributed by atoms with Crippen LogP contribution >= 0.6 is 11.3 Å². The number of carbonyl (C=O) groups excluding carboxylic acids is 3. The van der Waals surface area contributed by atoms with Gasteiger partial charge in [-0.15, -0.1) is 11.3 Å². The molecule has 4 rings (SSSR count). The zero-order valence-electron chi connectivity index (χ0n) is 17.8. The molecule has 2 aromatic heterocycles. The van der Waals surface area contributed by atoms with Gasteiger partial charge in [-0.05, 0) is 66.6 Å². The van der Waals surface area contributed by atoms with Crippen LogP contribution in [-0.2, 0) is 17.8 Å². The molecule has 0 spiro atoms. The van der Waals surface area contributed by atoms with E-state index < -0.39 is 0 Å². The number of hydrogen-bond donors (Lipinski definition) is 2. The average Bonchev–Trinajstić information content (AvgIpc) is 3.49. The van der Waals surface area contributed by atoms with Crippen LogP contribution in [0.5, 0.6) is 0 Å². The Bertz CT molecular complexity index is 1120. The molecular weight excluding hydrogens is 426 g/mol. The number of carbonyl (C=O) groups is 3. The number of amides is 3. The van der Waals surface area contributed by atoms with Crippen molar-refractivity contribution in [2.24, 2.45) is 0 Å². The summed E-state index contributed by atoms with van der Waals surface area (Å²) in [6, 6.07) is 10.7. The van der Waals surface area contributed by atoms with Crippen molar-refractivity contribution >= 4 is 34.7 Å². The lowest BCUT2D eigenvalue weighted by Crippen LogP contribution is -2.35. The van der Waals surface area contributed by atoms with Crippen LogP contribution in [-0.4, -0.2) is 35.7 Å². The van der Waals surface area contributed by atoms with Crippen molar-refractivity contribution in [3.63, 3.8) is 0 Å². The summed E-state index contributed by atoms with van der Waals surface area (Å²) >= 11 is 1.74. The van der Waals surface area contributed by atoms with Gasteiger partial charge in [0.05, 0.1) is 6.26 Å². The van der Waals surface area contributed by atoms with Gasteiger partial charge in [-0.3, -0.25) is 14.4 Å². The lowest BCUT2D eigenvalue weighted by molar-refractivity contribution is -0.116. The Morgan fingerprint density at radius 3 is 2.84 bits per heavy atom. The van der Waals surface area contributed by atoms with Crippen LogP contribution in [0.1, 0.15) is 49.8 Å². The minimum atomic E-state index is -0.301. The van der Waals surface area contributed by atoms with E-state index in [0.29, 0.717) is 37.3 Å². The third-order valence-corrected chi connectivity index (χ3v) is 6.57. The lowest BCUT2D eigenvalue weighted by atomic mass is 10.0. The van der Waals surface area contributed by atoms with Crippen LogP contribution in [0.2, 0.25) is 0 Å². The Morgan fingerprint density at radius 1 is 1.16 bits per heavy atom. The maximum atomic E-state index is 13.1. The van der Waals surface area contributed by atoms with Gasteiger partial charge in [0, 0.05) is 42.2 Å². The molecule has 1 aliphatic heterocycles. The smallest absolute Gasteiger partial charge is 0.286 e. The second kappa shape index (κ2) is 9.82. The maximum absolute atomic E-state index is 13.1. The van der Waals surface area contributed by atoms with E-state index >= 15 is 0 Å². The standard InChI is InChI=1S/C24H25N3O4S/c1-16-18(24(30)27-12-9-21-17(15-27)10-14-32-21)5-2-6-19(16)26-22(28)8-3-11-25-23(29)20-7-4-13-31-20/h2,4-7,10,13-14H,3,8-9,11-12,15H2,1H3,(H,25,29)(H,26,28). The van der Waals surface area contributed by atoms with E-state index in [-0.39, 0.29) is 29.9 Å². The quantitative estimate of drug-likeness (QED) is 0.531. The van der Waals surface area contributed by atoms with Crippen molar-refractivity contribution in [1.29, 1.82) is 0 Å². The highest BCUT2D eigenvalue weighted by atomic mass is 32.1. The first-order chi connectivity index (χ1) is 15.5. The summed E-state index contributed by atoms with van der Waals surface area (Å²) in [7, 11) is 0. The first-order valence-electron chi connectivity index (χ1n) is 10.6. The highest BCUT2D eigenvalue weighted by Crippen LogP contribution is 2.27. The third-order valence-electron chi connectivity index (χ3n) is 5.54. The molecule has 7 nitrogen and oxygen atoms in total. The average molecular weight is 452 g/mol. The molecule has 3 aromatic rings. The fourth-order valence-electron chi connectivity index (χ4n) is 3.75. The number of thiophene rings is 1. The van der Waals surface area contributed by atoms with Gasteiger partial charge < -0.3 is 20.0 Å². The van der Waals surface area contributed by atoms with E-state index in [1.165, 1.54) is 16.7 Å². The van der Waals surface area contributed by atoms with E-state index in [2.05, 4.69) is 22.1 Å². The summed E-state index contributed by atoms with van der Waals surface area (Å²) in [4.78, 5) is 40.6. The van der Waals surface area contributed by atoms with Crippen molar-refractivity contribution in [3.8, 4) is 0 Å². The molecule has 8 heteroatoms. The number of rotatable bonds is 7. The predicted octanol–water partition coefficient (Wildman–Crippen LogP) is 4.00. The van der Waals surface area contributed by atoms with E-state index in [1.54, 1.807) is 41.7 Å². The highest BCUT2D eigenvalue weighted by Gasteiger charge is 2.24. The molecule has 1 aromatic carbocycles. The second-order valence-corrected chi connectivity index (χ2v) is 8.71. The van der Waals surface area contributed by atoms with Crippen LogP contribution < -0.4 is 10.6 Å². The molecule has 0 saturated carbocycles. The lowest BCUT2D eigenvalue weighted by Gasteiger charge is -2.28. The van der Waals surface area contributed by atoms with Crippen LogP contribution in [0.3, 0.4) is 0 Å². The summed E-state index contributed by atoms with van der Waals surface area (Å²) in [5.41, 5.74) is 3.21. The van der Waals surface area contributed by atoms with E-state index in [4.69, 9.17) is 4.42 Å². The fraction of sp³-hybridized carbons (Fsp3) is 0.292. The van der Waals surface area contributed by atoms with Crippen LogP contribution in [0.4, 0.5) is 5.69 Å². The van der Waals surface area contributed by atoms with E-state index in [9.17, 15) is 14.4 Å². The van der Waals surface area contributed by atoms with Crippen molar-refractivity contribution < 1.29 is 18.8 Å². The number of furan rings is 1. The number of nitrogens with zero attached hydrogens (tertiary/aromatic N) is 1. The third kappa shape index (κ3) is 4.91. The molecule has 0 aliphatic carbocycles. The van der Waals surface area contributed by atoms with Gasteiger partial charge in [0.1, 0.15) is 0 Å². The molecule has 166 valence electrons. The summed E-state index contributed by atoms with van der Waals surface area (Å²) < 4.78 is 5.03. The first-order valence-corrected chi connectivity index (χ1v) is 11.5. The van der Waals surface area contributed by atoms with Crippen molar-refractivity contribution in [3.05, 3.63) is 75.4 Å². The van der Waals surface area contributed by atoms with E-state index in [0.717, 1.165) is 12.0 Å².